The van der Waals surface area contributed by atoms with E-state index < -0.39 is 0 Å². The van der Waals surface area contributed by atoms with E-state index in [9.17, 15) is 4.79 Å². The predicted octanol–water partition coefficient (Wildman–Crippen LogP) is 4.39. The van der Waals surface area contributed by atoms with Crippen molar-refractivity contribution in [1.82, 2.24) is 0 Å². The van der Waals surface area contributed by atoms with E-state index in [1.165, 1.54) is 5.56 Å². The number of aldehydes is 1. The molecule has 1 rings (SSSR count). The maximum atomic E-state index is 11.2. The lowest BCUT2D eigenvalue weighted by atomic mass is 9.87. The Bertz CT molecular complexity index is 457. The minimum absolute atomic E-state index is 0.00917. The highest BCUT2D eigenvalue weighted by atomic mass is 16.1. The van der Waals surface area contributed by atoms with Gasteiger partial charge in [0.2, 0.25) is 0 Å². The monoisotopic (exact) mass is 257 g/mol. The van der Waals surface area contributed by atoms with Crippen molar-refractivity contribution < 1.29 is 4.79 Å². The number of nitrogens with zero attached hydrogens (tertiary/aromatic N) is 1. The molecule has 0 amide bonds. The fraction of sp³-hybridized carbons (Fsp3) is 0.529. The Balaban J connectivity index is 2.47. The van der Waals surface area contributed by atoms with Crippen molar-refractivity contribution in [1.29, 1.82) is 5.26 Å². The van der Waals surface area contributed by atoms with E-state index in [1.807, 2.05) is 39.0 Å². The molecule has 0 fully saturated rings. The smallest absolute Gasteiger partial charge is 0.127 e. The molecule has 0 aliphatic carbocycles. The molecule has 0 radical (unpaired) electrons. The second kappa shape index (κ2) is 7.09. The van der Waals surface area contributed by atoms with Gasteiger partial charge in [-0.15, -0.1) is 0 Å². The predicted molar refractivity (Wildman–Crippen MR) is 77.8 cm³/mol. The zero-order chi connectivity index (χ0) is 14.3. The van der Waals surface area contributed by atoms with Gasteiger partial charge in [-0.2, -0.15) is 5.26 Å². The first-order valence-corrected chi connectivity index (χ1v) is 6.91. The molecule has 19 heavy (non-hydrogen) atoms. The standard InChI is InChI=1S/C17H23NO/c1-14-7-6-9-15(11-14)16(12-19)8-4-5-10-17(2,3)13-18/h6-7,9,11-12,16H,4-5,8,10H2,1-3H3. The summed E-state index contributed by atoms with van der Waals surface area (Å²) in [7, 11) is 0. The summed E-state index contributed by atoms with van der Waals surface area (Å²) in [5, 5.41) is 8.95. The van der Waals surface area contributed by atoms with Crippen molar-refractivity contribution in [3.05, 3.63) is 35.4 Å². The quantitative estimate of drug-likeness (QED) is 0.537. The topological polar surface area (TPSA) is 40.9 Å². The molecule has 0 aliphatic rings. The van der Waals surface area contributed by atoms with E-state index in [4.69, 9.17) is 5.26 Å². The first-order chi connectivity index (χ1) is 8.98. The van der Waals surface area contributed by atoms with E-state index >= 15 is 0 Å². The van der Waals surface area contributed by atoms with E-state index in [-0.39, 0.29) is 11.3 Å². The third-order valence-corrected chi connectivity index (χ3v) is 3.50. The van der Waals surface area contributed by atoms with Gasteiger partial charge in [-0.3, -0.25) is 0 Å². The van der Waals surface area contributed by atoms with Crippen LogP contribution in [0.1, 0.15) is 56.6 Å². The summed E-state index contributed by atoms with van der Waals surface area (Å²) in [6, 6.07) is 10.5. The second-order valence-electron chi connectivity index (χ2n) is 5.90. The molecule has 2 heteroatoms. The van der Waals surface area contributed by atoms with Crippen molar-refractivity contribution in [3.8, 4) is 6.07 Å². The van der Waals surface area contributed by atoms with Crippen molar-refractivity contribution in [2.24, 2.45) is 5.41 Å². The third-order valence-electron chi connectivity index (χ3n) is 3.50. The Kier molecular flexibility index (Phi) is 5.76. The Morgan fingerprint density at radius 2 is 2.11 bits per heavy atom. The first-order valence-electron chi connectivity index (χ1n) is 6.91. The summed E-state index contributed by atoms with van der Waals surface area (Å²) in [5.74, 6) is -0.00917. The SMILES string of the molecule is Cc1cccc(C(C=O)CCCCC(C)(C)C#N)c1. The van der Waals surface area contributed by atoms with Gasteiger partial charge in [-0.25, -0.2) is 0 Å². The molecule has 0 saturated carbocycles. The molecule has 102 valence electrons. The third kappa shape index (κ3) is 5.26. The fourth-order valence-corrected chi connectivity index (χ4v) is 2.20. The minimum Gasteiger partial charge on any atom is -0.303 e. The van der Waals surface area contributed by atoms with Crippen molar-refractivity contribution in [3.63, 3.8) is 0 Å². The average molecular weight is 257 g/mol. The summed E-state index contributed by atoms with van der Waals surface area (Å²) in [6.07, 6.45) is 4.79. The minimum atomic E-state index is -0.250. The van der Waals surface area contributed by atoms with E-state index in [2.05, 4.69) is 12.1 Å². The maximum Gasteiger partial charge on any atom is 0.127 e. The van der Waals surface area contributed by atoms with Crippen LogP contribution in [0, 0.1) is 23.7 Å². The van der Waals surface area contributed by atoms with Gasteiger partial charge < -0.3 is 4.79 Å². The van der Waals surface area contributed by atoms with Crippen molar-refractivity contribution in [2.75, 3.05) is 0 Å². The van der Waals surface area contributed by atoms with Crippen LogP contribution >= 0.6 is 0 Å². The number of hydrogen-bond acceptors (Lipinski definition) is 2. The van der Waals surface area contributed by atoms with Gasteiger partial charge in [0.25, 0.3) is 0 Å². The number of aryl methyl sites for hydroxylation is 1. The number of nitriles is 1. The molecule has 2 nitrogen and oxygen atoms in total. The van der Waals surface area contributed by atoms with Gasteiger partial charge in [0.15, 0.2) is 0 Å². The first kappa shape index (κ1) is 15.4. The molecular formula is C17H23NO. The molecule has 1 unspecified atom stereocenters. The largest absolute Gasteiger partial charge is 0.303 e. The molecular weight excluding hydrogens is 234 g/mol. The van der Waals surface area contributed by atoms with Crippen LogP contribution in [0.4, 0.5) is 0 Å². The number of carbonyl (C=O) groups is 1. The Morgan fingerprint density at radius 3 is 2.68 bits per heavy atom. The zero-order valence-corrected chi connectivity index (χ0v) is 12.1. The normalized spacial score (nSPS) is 12.7. The number of benzene rings is 1. The number of hydrogen-bond donors (Lipinski definition) is 0. The summed E-state index contributed by atoms with van der Waals surface area (Å²) in [5.41, 5.74) is 2.05. The molecule has 0 bridgehead atoms. The van der Waals surface area contributed by atoms with E-state index in [0.29, 0.717) is 0 Å². The lowest BCUT2D eigenvalue weighted by molar-refractivity contribution is -0.109. The molecule has 0 heterocycles. The van der Waals surface area contributed by atoms with Crippen LogP contribution in [0.2, 0.25) is 0 Å². The van der Waals surface area contributed by atoms with Gasteiger partial charge in [-0.1, -0.05) is 42.7 Å². The van der Waals surface area contributed by atoms with Crippen molar-refractivity contribution in [2.45, 2.75) is 52.4 Å². The van der Waals surface area contributed by atoms with Crippen LogP contribution in [-0.4, -0.2) is 6.29 Å². The van der Waals surface area contributed by atoms with Crippen LogP contribution in [-0.2, 0) is 4.79 Å². The van der Waals surface area contributed by atoms with Gasteiger partial charge in [0.05, 0.1) is 11.5 Å². The molecule has 0 aromatic heterocycles. The summed E-state index contributed by atoms with van der Waals surface area (Å²) in [6.45, 7) is 5.97. The van der Waals surface area contributed by atoms with Crippen LogP contribution in [0.25, 0.3) is 0 Å². The molecule has 1 atom stereocenters. The highest BCUT2D eigenvalue weighted by molar-refractivity contribution is 5.62. The highest BCUT2D eigenvalue weighted by Crippen LogP contribution is 2.25. The lowest BCUT2D eigenvalue weighted by Gasteiger charge is -2.16. The molecule has 0 saturated heterocycles. The Hall–Kier alpha value is -1.62. The fourth-order valence-electron chi connectivity index (χ4n) is 2.20. The Morgan fingerprint density at radius 1 is 1.37 bits per heavy atom. The van der Waals surface area contributed by atoms with Crippen LogP contribution in [0.5, 0.6) is 0 Å². The van der Waals surface area contributed by atoms with Gasteiger partial charge in [0, 0.05) is 5.92 Å². The summed E-state index contributed by atoms with van der Waals surface area (Å²) >= 11 is 0. The molecule has 0 spiro atoms. The van der Waals surface area contributed by atoms with Gasteiger partial charge in [-0.05, 0) is 39.2 Å². The molecule has 0 N–H and O–H groups in total. The lowest BCUT2D eigenvalue weighted by Crippen LogP contribution is -2.08. The Labute approximate surface area is 116 Å². The van der Waals surface area contributed by atoms with Crippen molar-refractivity contribution >= 4 is 6.29 Å². The second-order valence-corrected chi connectivity index (χ2v) is 5.90. The van der Waals surface area contributed by atoms with E-state index in [0.717, 1.165) is 37.5 Å². The van der Waals surface area contributed by atoms with Gasteiger partial charge >= 0.3 is 0 Å². The number of carbonyl (C=O) groups excluding carboxylic acids is 1. The summed E-state index contributed by atoms with van der Waals surface area (Å²) < 4.78 is 0. The zero-order valence-electron chi connectivity index (χ0n) is 12.1. The molecule has 0 aliphatic heterocycles. The average Bonchev–Trinajstić information content (AvgIpc) is 2.39. The van der Waals surface area contributed by atoms with Crippen LogP contribution in [0.3, 0.4) is 0 Å². The van der Waals surface area contributed by atoms with Gasteiger partial charge in [0.1, 0.15) is 6.29 Å². The van der Waals surface area contributed by atoms with Crippen LogP contribution in [0.15, 0.2) is 24.3 Å². The highest BCUT2D eigenvalue weighted by Gasteiger charge is 2.16. The van der Waals surface area contributed by atoms with E-state index in [1.54, 1.807) is 0 Å². The maximum absolute atomic E-state index is 11.2. The molecule has 1 aromatic carbocycles. The number of rotatable bonds is 7. The summed E-state index contributed by atoms with van der Waals surface area (Å²) in [4.78, 5) is 11.2. The molecule has 1 aromatic rings. The van der Waals surface area contributed by atoms with Crippen LogP contribution < -0.4 is 0 Å². The number of unbranched alkanes of at least 4 members (excludes halogenated alkanes) is 1.